The summed E-state index contributed by atoms with van der Waals surface area (Å²) in [5.74, 6) is 1.24. The van der Waals surface area contributed by atoms with E-state index in [-0.39, 0.29) is 0 Å². The molecule has 0 fully saturated rings. The SMILES string of the molecule is CCOc1ccccc1-c1n[nH]c(=S)n1N=Cc1c(Cl)cccc1Cl. The van der Waals surface area contributed by atoms with Gasteiger partial charge in [-0.05, 0) is 43.4 Å². The van der Waals surface area contributed by atoms with Gasteiger partial charge in [-0.15, -0.1) is 0 Å². The van der Waals surface area contributed by atoms with Gasteiger partial charge in [-0.25, -0.2) is 5.10 Å². The van der Waals surface area contributed by atoms with Crippen LogP contribution in [0, 0.1) is 4.77 Å². The molecule has 8 heteroatoms. The number of para-hydroxylation sites is 1. The molecule has 5 nitrogen and oxygen atoms in total. The van der Waals surface area contributed by atoms with Crippen LogP contribution >= 0.6 is 35.4 Å². The van der Waals surface area contributed by atoms with Gasteiger partial charge < -0.3 is 4.74 Å². The monoisotopic (exact) mass is 392 g/mol. The summed E-state index contributed by atoms with van der Waals surface area (Å²) < 4.78 is 7.52. The van der Waals surface area contributed by atoms with Crippen LogP contribution in [0.5, 0.6) is 5.75 Å². The molecule has 0 aliphatic heterocycles. The standard InChI is InChI=1S/C17H14Cl2N4OS/c1-2-24-15-9-4-3-6-11(15)16-21-22-17(25)23(16)20-10-12-13(18)7-5-8-14(12)19/h3-10H,2H2,1H3,(H,22,25). The summed E-state index contributed by atoms with van der Waals surface area (Å²) in [5.41, 5.74) is 1.39. The van der Waals surface area contributed by atoms with Crippen molar-refractivity contribution in [2.24, 2.45) is 5.10 Å². The van der Waals surface area contributed by atoms with Crippen molar-refractivity contribution in [3.63, 3.8) is 0 Å². The van der Waals surface area contributed by atoms with Crippen molar-refractivity contribution in [2.45, 2.75) is 6.92 Å². The summed E-state index contributed by atoms with van der Waals surface area (Å²) >= 11 is 17.6. The van der Waals surface area contributed by atoms with Gasteiger partial charge in [0.2, 0.25) is 4.77 Å². The summed E-state index contributed by atoms with van der Waals surface area (Å²) in [6, 6.07) is 12.8. The minimum Gasteiger partial charge on any atom is -0.493 e. The van der Waals surface area contributed by atoms with Crippen molar-refractivity contribution in [2.75, 3.05) is 6.61 Å². The maximum Gasteiger partial charge on any atom is 0.216 e. The Balaban J connectivity index is 2.07. The number of aromatic amines is 1. The summed E-state index contributed by atoms with van der Waals surface area (Å²) in [4.78, 5) is 0. The third-order valence-corrected chi connectivity index (χ3v) is 4.30. The minimum absolute atomic E-state index is 0.348. The van der Waals surface area contributed by atoms with Crippen LogP contribution in [0.25, 0.3) is 11.4 Å². The second-order valence-corrected chi connectivity index (χ2v) is 6.17. The fraction of sp³-hybridized carbons (Fsp3) is 0.118. The van der Waals surface area contributed by atoms with Gasteiger partial charge in [0.1, 0.15) is 5.75 Å². The Bertz CT molecular complexity index is 961. The molecule has 1 N–H and O–H groups in total. The first kappa shape index (κ1) is 17.7. The Morgan fingerprint density at radius 1 is 1.20 bits per heavy atom. The molecule has 2 aromatic carbocycles. The van der Waals surface area contributed by atoms with E-state index in [4.69, 9.17) is 40.2 Å². The molecule has 0 saturated heterocycles. The predicted octanol–water partition coefficient (Wildman–Crippen LogP) is 5.20. The van der Waals surface area contributed by atoms with Gasteiger partial charge in [0.25, 0.3) is 0 Å². The molecule has 3 aromatic rings. The molecule has 0 aliphatic carbocycles. The van der Waals surface area contributed by atoms with E-state index in [0.29, 0.717) is 38.6 Å². The van der Waals surface area contributed by atoms with Crippen LogP contribution in [-0.2, 0) is 0 Å². The van der Waals surface area contributed by atoms with Crippen molar-refractivity contribution in [3.05, 3.63) is 62.8 Å². The van der Waals surface area contributed by atoms with Gasteiger partial charge in [0.05, 0.1) is 28.4 Å². The van der Waals surface area contributed by atoms with Crippen LogP contribution in [0.15, 0.2) is 47.6 Å². The normalized spacial score (nSPS) is 11.2. The first-order valence-electron chi connectivity index (χ1n) is 7.49. The number of nitrogens with zero attached hydrogens (tertiary/aromatic N) is 3. The summed E-state index contributed by atoms with van der Waals surface area (Å²) in [6.07, 6.45) is 1.56. The second-order valence-electron chi connectivity index (χ2n) is 4.97. The Kier molecular flexibility index (Phi) is 5.53. The van der Waals surface area contributed by atoms with E-state index in [9.17, 15) is 0 Å². The molecule has 1 aromatic heterocycles. The number of ether oxygens (including phenoxy) is 1. The van der Waals surface area contributed by atoms with E-state index in [1.54, 1.807) is 24.4 Å². The molecule has 0 atom stereocenters. The number of hydrogen-bond acceptors (Lipinski definition) is 4. The van der Waals surface area contributed by atoms with E-state index < -0.39 is 0 Å². The van der Waals surface area contributed by atoms with Gasteiger partial charge in [-0.1, -0.05) is 41.4 Å². The zero-order valence-corrected chi connectivity index (χ0v) is 15.6. The van der Waals surface area contributed by atoms with Crippen LogP contribution in [0.2, 0.25) is 10.0 Å². The summed E-state index contributed by atoms with van der Waals surface area (Å²) in [5, 5.41) is 12.4. The third kappa shape index (κ3) is 3.76. The summed E-state index contributed by atoms with van der Waals surface area (Å²) in [7, 11) is 0. The number of nitrogens with one attached hydrogen (secondary N) is 1. The van der Waals surface area contributed by atoms with Crippen molar-refractivity contribution in [3.8, 4) is 17.1 Å². The quantitative estimate of drug-likeness (QED) is 0.479. The van der Waals surface area contributed by atoms with E-state index in [1.165, 1.54) is 4.68 Å². The van der Waals surface area contributed by atoms with E-state index in [0.717, 1.165) is 5.56 Å². The molecule has 0 unspecified atom stereocenters. The van der Waals surface area contributed by atoms with Crippen LogP contribution in [0.1, 0.15) is 12.5 Å². The zero-order chi connectivity index (χ0) is 17.8. The first-order valence-corrected chi connectivity index (χ1v) is 8.66. The Morgan fingerprint density at radius 2 is 1.92 bits per heavy atom. The number of halogens is 2. The van der Waals surface area contributed by atoms with Crippen molar-refractivity contribution in [1.29, 1.82) is 0 Å². The lowest BCUT2D eigenvalue weighted by Gasteiger charge is -2.09. The lowest BCUT2D eigenvalue weighted by atomic mass is 10.2. The van der Waals surface area contributed by atoms with E-state index >= 15 is 0 Å². The molecule has 0 amide bonds. The second kappa shape index (κ2) is 7.82. The highest BCUT2D eigenvalue weighted by Crippen LogP contribution is 2.29. The molecule has 0 saturated carbocycles. The van der Waals surface area contributed by atoms with Crippen molar-refractivity contribution in [1.82, 2.24) is 14.9 Å². The molecular formula is C17H14Cl2N4OS. The Hall–Kier alpha value is -2.15. The first-order chi connectivity index (χ1) is 12.1. The largest absolute Gasteiger partial charge is 0.493 e. The number of hydrogen-bond donors (Lipinski definition) is 1. The lowest BCUT2D eigenvalue weighted by Crippen LogP contribution is -1.99. The molecule has 0 aliphatic rings. The number of aromatic nitrogens is 3. The molecule has 25 heavy (non-hydrogen) atoms. The van der Waals surface area contributed by atoms with Crippen LogP contribution in [0.3, 0.4) is 0 Å². The van der Waals surface area contributed by atoms with Crippen LogP contribution in [0.4, 0.5) is 0 Å². The average Bonchev–Trinajstić information content (AvgIpc) is 2.96. The maximum atomic E-state index is 6.18. The van der Waals surface area contributed by atoms with Crippen molar-refractivity contribution >= 4 is 41.6 Å². The number of rotatable bonds is 5. The number of H-pyrrole nitrogens is 1. The smallest absolute Gasteiger partial charge is 0.216 e. The fourth-order valence-electron chi connectivity index (χ4n) is 2.26. The molecular weight excluding hydrogens is 379 g/mol. The van der Waals surface area contributed by atoms with Gasteiger partial charge in [-0.3, -0.25) is 0 Å². The minimum atomic E-state index is 0.348. The van der Waals surface area contributed by atoms with Crippen LogP contribution in [-0.4, -0.2) is 27.7 Å². The summed E-state index contributed by atoms with van der Waals surface area (Å²) in [6.45, 7) is 2.46. The van der Waals surface area contributed by atoms with Gasteiger partial charge in [0.15, 0.2) is 5.82 Å². The highest BCUT2D eigenvalue weighted by molar-refractivity contribution is 7.71. The predicted molar refractivity (Wildman–Crippen MR) is 103 cm³/mol. The highest BCUT2D eigenvalue weighted by Gasteiger charge is 2.13. The van der Waals surface area contributed by atoms with E-state index in [2.05, 4.69) is 15.3 Å². The Morgan fingerprint density at radius 3 is 2.64 bits per heavy atom. The highest BCUT2D eigenvalue weighted by atomic mass is 35.5. The molecule has 0 spiro atoms. The molecule has 0 bridgehead atoms. The Labute approximate surface area is 159 Å². The van der Waals surface area contributed by atoms with Gasteiger partial charge >= 0.3 is 0 Å². The molecule has 128 valence electrons. The number of benzene rings is 2. The topological polar surface area (TPSA) is 55.2 Å². The van der Waals surface area contributed by atoms with Gasteiger partial charge in [0, 0.05) is 5.56 Å². The average molecular weight is 393 g/mol. The van der Waals surface area contributed by atoms with Crippen LogP contribution < -0.4 is 4.74 Å². The third-order valence-electron chi connectivity index (χ3n) is 3.38. The zero-order valence-electron chi connectivity index (χ0n) is 13.2. The van der Waals surface area contributed by atoms with Gasteiger partial charge in [-0.2, -0.15) is 14.9 Å². The van der Waals surface area contributed by atoms with Crippen molar-refractivity contribution < 1.29 is 4.74 Å². The molecule has 3 rings (SSSR count). The lowest BCUT2D eigenvalue weighted by molar-refractivity contribution is 0.341. The molecule has 1 heterocycles. The van der Waals surface area contributed by atoms with E-state index in [1.807, 2.05) is 31.2 Å². The maximum absolute atomic E-state index is 6.18. The molecule has 0 radical (unpaired) electrons. The fourth-order valence-corrected chi connectivity index (χ4v) is 2.93.